The Hall–Kier alpha value is -1.18. The maximum Gasteiger partial charge on any atom is 0.120 e. The van der Waals surface area contributed by atoms with Crippen LogP contribution in [0.2, 0.25) is 0 Å². The van der Waals surface area contributed by atoms with Crippen molar-refractivity contribution in [1.29, 1.82) is 0 Å². The molecule has 0 bridgehead atoms. The highest BCUT2D eigenvalue weighted by atomic mass is 16.5. The van der Waals surface area contributed by atoms with Gasteiger partial charge in [-0.2, -0.15) is 0 Å². The Kier molecular flexibility index (Phi) is 4.95. The molecule has 1 saturated carbocycles. The minimum absolute atomic E-state index is 0.230. The number of hydrogen-bond donors (Lipinski definition) is 1. The fraction of sp³-hybridized carbons (Fsp3) is 0.667. The number of rotatable bonds is 4. The molecule has 0 heterocycles. The third-order valence-corrected chi connectivity index (χ3v) is 4.53. The molecule has 0 aromatic heterocycles. The summed E-state index contributed by atoms with van der Waals surface area (Å²) in [4.78, 5) is 0. The van der Waals surface area contributed by atoms with Gasteiger partial charge in [0.15, 0.2) is 0 Å². The van der Waals surface area contributed by atoms with Crippen LogP contribution in [0.3, 0.4) is 0 Å². The van der Waals surface area contributed by atoms with E-state index >= 15 is 0 Å². The van der Waals surface area contributed by atoms with Gasteiger partial charge in [-0.3, -0.25) is 0 Å². The molecule has 0 amide bonds. The molecular formula is C18H29NO. The van der Waals surface area contributed by atoms with Crippen molar-refractivity contribution in [2.75, 3.05) is 5.32 Å². The minimum Gasteiger partial charge on any atom is -0.491 e. The molecule has 1 aliphatic rings. The molecule has 1 N–H and O–H groups in total. The summed E-state index contributed by atoms with van der Waals surface area (Å²) in [5.41, 5.74) is 2.53. The maximum atomic E-state index is 5.74. The van der Waals surface area contributed by atoms with E-state index in [0.717, 1.165) is 17.6 Å². The van der Waals surface area contributed by atoms with Crippen molar-refractivity contribution < 1.29 is 4.74 Å². The molecule has 0 spiro atoms. The van der Waals surface area contributed by atoms with Gasteiger partial charge >= 0.3 is 0 Å². The lowest BCUT2D eigenvalue weighted by Crippen LogP contribution is -2.30. The number of ether oxygens (including phenoxy) is 1. The first-order valence-electron chi connectivity index (χ1n) is 7.99. The predicted molar refractivity (Wildman–Crippen MR) is 86.5 cm³/mol. The summed E-state index contributed by atoms with van der Waals surface area (Å²) in [6, 6.07) is 6.99. The van der Waals surface area contributed by atoms with Crippen LogP contribution in [0, 0.1) is 18.8 Å². The lowest BCUT2D eigenvalue weighted by atomic mass is 9.79. The normalized spacial score (nSPS) is 26.6. The molecule has 1 fully saturated rings. The molecule has 0 radical (unpaired) electrons. The second kappa shape index (κ2) is 6.51. The van der Waals surface area contributed by atoms with E-state index in [1.54, 1.807) is 0 Å². The van der Waals surface area contributed by atoms with Gasteiger partial charge in [0.1, 0.15) is 5.75 Å². The van der Waals surface area contributed by atoms with Crippen LogP contribution >= 0.6 is 0 Å². The third-order valence-electron chi connectivity index (χ3n) is 4.53. The Morgan fingerprint density at radius 3 is 2.50 bits per heavy atom. The smallest absolute Gasteiger partial charge is 0.120 e. The van der Waals surface area contributed by atoms with E-state index in [-0.39, 0.29) is 6.10 Å². The van der Waals surface area contributed by atoms with Gasteiger partial charge in [0.05, 0.1) is 6.10 Å². The topological polar surface area (TPSA) is 21.3 Å². The summed E-state index contributed by atoms with van der Waals surface area (Å²) in [5, 5.41) is 3.73. The van der Waals surface area contributed by atoms with Crippen LogP contribution in [0.1, 0.15) is 52.5 Å². The highest BCUT2D eigenvalue weighted by molar-refractivity contribution is 5.54. The molecular weight excluding hydrogens is 246 g/mol. The monoisotopic (exact) mass is 275 g/mol. The summed E-state index contributed by atoms with van der Waals surface area (Å²) in [7, 11) is 0. The Morgan fingerprint density at radius 2 is 1.90 bits per heavy atom. The van der Waals surface area contributed by atoms with E-state index in [1.165, 1.54) is 30.5 Å². The van der Waals surface area contributed by atoms with Crippen molar-refractivity contribution in [2.24, 2.45) is 11.8 Å². The van der Waals surface area contributed by atoms with Crippen molar-refractivity contribution in [3.8, 4) is 5.75 Å². The molecule has 0 aliphatic heterocycles. The molecule has 1 aromatic rings. The first kappa shape index (κ1) is 15.2. The van der Waals surface area contributed by atoms with E-state index in [9.17, 15) is 0 Å². The summed E-state index contributed by atoms with van der Waals surface area (Å²) in [6.45, 7) is 11.0. The Balaban J connectivity index is 1.99. The van der Waals surface area contributed by atoms with Gasteiger partial charge in [0.2, 0.25) is 0 Å². The summed E-state index contributed by atoms with van der Waals surface area (Å²) >= 11 is 0. The van der Waals surface area contributed by atoms with Gasteiger partial charge < -0.3 is 10.1 Å². The molecule has 112 valence electrons. The number of aryl methyl sites for hydroxylation is 1. The average molecular weight is 275 g/mol. The van der Waals surface area contributed by atoms with Crippen LogP contribution in [0.5, 0.6) is 5.75 Å². The van der Waals surface area contributed by atoms with Crippen LogP contribution in [-0.4, -0.2) is 12.1 Å². The number of benzene rings is 1. The van der Waals surface area contributed by atoms with Crippen molar-refractivity contribution >= 4 is 5.69 Å². The standard InChI is InChI=1S/C18H29NO/c1-12(2)20-17-8-9-18(15(5)11-17)19-16-7-6-13(3)14(4)10-16/h8-9,11-14,16,19H,6-7,10H2,1-5H3. The lowest BCUT2D eigenvalue weighted by molar-refractivity contribution is 0.242. The van der Waals surface area contributed by atoms with E-state index in [4.69, 9.17) is 4.74 Å². The van der Waals surface area contributed by atoms with Crippen LogP contribution in [0.4, 0.5) is 5.69 Å². The van der Waals surface area contributed by atoms with Crippen LogP contribution in [0.25, 0.3) is 0 Å². The molecule has 2 heteroatoms. The zero-order valence-corrected chi connectivity index (χ0v) is 13.6. The Labute approximate surface area is 123 Å². The highest BCUT2D eigenvalue weighted by Crippen LogP contribution is 2.32. The van der Waals surface area contributed by atoms with Crippen molar-refractivity contribution in [3.63, 3.8) is 0 Å². The zero-order valence-electron chi connectivity index (χ0n) is 13.6. The Bertz CT molecular complexity index is 441. The number of hydrogen-bond acceptors (Lipinski definition) is 2. The first-order chi connectivity index (χ1) is 9.45. The van der Waals surface area contributed by atoms with Gasteiger partial charge in [0.25, 0.3) is 0 Å². The van der Waals surface area contributed by atoms with Crippen LogP contribution in [-0.2, 0) is 0 Å². The second-order valence-corrected chi connectivity index (χ2v) is 6.75. The molecule has 2 rings (SSSR count). The summed E-state index contributed by atoms with van der Waals surface area (Å²) in [5.74, 6) is 2.66. The predicted octanol–water partition coefficient (Wildman–Crippen LogP) is 5.02. The van der Waals surface area contributed by atoms with Crippen molar-refractivity contribution in [2.45, 2.75) is 66.0 Å². The molecule has 3 atom stereocenters. The van der Waals surface area contributed by atoms with E-state index < -0.39 is 0 Å². The molecule has 20 heavy (non-hydrogen) atoms. The number of nitrogens with one attached hydrogen (secondary N) is 1. The fourth-order valence-corrected chi connectivity index (χ4v) is 3.04. The molecule has 0 saturated heterocycles. The quantitative estimate of drug-likeness (QED) is 0.833. The molecule has 2 nitrogen and oxygen atoms in total. The minimum atomic E-state index is 0.230. The lowest BCUT2D eigenvalue weighted by Gasteiger charge is -2.33. The average Bonchev–Trinajstić information content (AvgIpc) is 2.36. The molecule has 1 aromatic carbocycles. The maximum absolute atomic E-state index is 5.74. The van der Waals surface area contributed by atoms with Gasteiger partial charge in [-0.15, -0.1) is 0 Å². The Morgan fingerprint density at radius 1 is 1.15 bits per heavy atom. The van der Waals surface area contributed by atoms with E-state index in [0.29, 0.717) is 6.04 Å². The number of anilines is 1. The van der Waals surface area contributed by atoms with Gasteiger partial charge in [-0.05, 0) is 75.6 Å². The van der Waals surface area contributed by atoms with E-state index in [2.05, 4.69) is 58.1 Å². The second-order valence-electron chi connectivity index (χ2n) is 6.75. The molecule has 3 unspecified atom stereocenters. The van der Waals surface area contributed by atoms with Gasteiger partial charge in [-0.25, -0.2) is 0 Å². The fourth-order valence-electron chi connectivity index (χ4n) is 3.04. The first-order valence-corrected chi connectivity index (χ1v) is 7.99. The van der Waals surface area contributed by atoms with Crippen LogP contribution < -0.4 is 10.1 Å². The summed E-state index contributed by atoms with van der Waals surface area (Å²) < 4.78 is 5.74. The van der Waals surface area contributed by atoms with Crippen molar-refractivity contribution in [1.82, 2.24) is 0 Å². The zero-order chi connectivity index (χ0) is 14.7. The largest absolute Gasteiger partial charge is 0.491 e. The van der Waals surface area contributed by atoms with Gasteiger partial charge in [-0.1, -0.05) is 13.8 Å². The SMILES string of the molecule is Cc1cc(OC(C)C)ccc1NC1CCC(C)C(C)C1. The summed E-state index contributed by atoms with van der Waals surface area (Å²) in [6.07, 6.45) is 4.14. The van der Waals surface area contributed by atoms with E-state index in [1.807, 2.05) is 0 Å². The third kappa shape index (κ3) is 3.91. The van der Waals surface area contributed by atoms with Gasteiger partial charge in [0, 0.05) is 11.7 Å². The highest BCUT2D eigenvalue weighted by Gasteiger charge is 2.24. The molecule has 1 aliphatic carbocycles. The van der Waals surface area contributed by atoms with Crippen LogP contribution in [0.15, 0.2) is 18.2 Å². The van der Waals surface area contributed by atoms with Crippen molar-refractivity contribution in [3.05, 3.63) is 23.8 Å².